The van der Waals surface area contributed by atoms with Crippen LogP contribution in [0.25, 0.3) is 0 Å². The lowest BCUT2D eigenvalue weighted by atomic mass is 10.1. The second-order valence-electron chi connectivity index (χ2n) is 4.97. The minimum absolute atomic E-state index is 0.234. The van der Waals surface area contributed by atoms with Crippen molar-refractivity contribution in [2.45, 2.75) is 39.3 Å². The van der Waals surface area contributed by atoms with Gasteiger partial charge in [0.2, 0.25) is 0 Å². The molecule has 0 aliphatic heterocycles. The van der Waals surface area contributed by atoms with Crippen LogP contribution in [0.2, 0.25) is 0 Å². The number of halogens is 1. The summed E-state index contributed by atoms with van der Waals surface area (Å²) in [5.41, 5.74) is 1.60. The van der Waals surface area contributed by atoms with Crippen molar-refractivity contribution in [1.82, 2.24) is 10.6 Å². The first-order valence-corrected chi connectivity index (χ1v) is 7.33. The summed E-state index contributed by atoms with van der Waals surface area (Å²) in [6, 6.07) is 2.17. The highest BCUT2D eigenvalue weighted by Crippen LogP contribution is 2.20. The average molecular weight is 305 g/mol. The van der Waals surface area contributed by atoms with E-state index >= 15 is 0 Å². The third kappa shape index (κ3) is 6.63. The molecule has 2 nitrogen and oxygen atoms in total. The molecule has 1 aromatic heterocycles. The monoisotopic (exact) mass is 304 g/mol. The van der Waals surface area contributed by atoms with E-state index < -0.39 is 0 Å². The number of rotatable bonds is 6. The van der Waals surface area contributed by atoms with Gasteiger partial charge >= 0.3 is 0 Å². The van der Waals surface area contributed by atoms with E-state index in [-0.39, 0.29) is 5.54 Å². The van der Waals surface area contributed by atoms with Crippen LogP contribution in [0.15, 0.2) is 15.2 Å². The van der Waals surface area contributed by atoms with E-state index in [1.807, 2.05) is 0 Å². The maximum absolute atomic E-state index is 3.48. The molecule has 0 saturated carbocycles. The zero-order valence-electron chi connectivity index (χ0n) is 10.3. The first-order valence-electron chi connectivity index (χ1n) is 5.66. The van der Waals surface area contributed by atoms with E-state index in [1.54, 1.807) is 11.3 Å². The normalized spacial score (nSPS) is 12.0. The van der Waals surface area contributed by atoms with Crippen LogP contribution in [0.1, 0.15) is 32.8 Å². The number of thiophene rings is 1. The van der Waals surface area contributed by atoms with Crippen LogP contribution in [-0.2, 0) is 6.54 Å². The van der Waals surface area contributed by atoms with Crippen LogP contribution >= 0.6 is 27.3 Å². The first kappa shape index (κ1) is 14.2. The SMILES string of the molecule is CC(C)(C)NCCCNCc1csc(Br)c1. The molecular formula is C12H21BrN2S. The summed E-state index contributed by atoms with van der Waals surface area (Å²) in [7, 11) is 0. The molecule has 0 spiro atoms. The number of hydrogen-bond acceptors (Lipinski definition) is 3. The molecule has 0 amide bonds. The largest absolute Gasteiger partial charge is 0.313 e. The molecule has 0 aliphatic carbocycles. The van der Waals surface area contributed by atoms with Gasteiger partial charge in [-0.1, -0.05) is 0 Å². The lowest BCUT2D eigenvalue weighted by Gasteiger charge is -2.20. The van der Waals surface area contributed by atoms with Crippen LogP contribution in [0.4, 0.5) is 0 Å². The summed E-state index contributed by atoms with van der Waals surface area (Å²) in [6.07, 6.45) is 1.17. The fraction of sp³-hybridized carbons (Fsp3) is 0.667. The molecule has 1 heterocycles. The lowest BCUT2D eigenvalue weighted by Crippen LogP contribution is -2.37. The summed E-state index contributed by atoms with van der Waals surface area (Å²) in [4.78, 5) is 0. The lowest BCUT2D eigenvalue weighted by molar-refractivity contribution is 0.418. The fourth-order valence-electron chi connectivity index (χ4n) is 1.35. The predicted molar refractivity (Wildman–Crippen MR) is 76.1 cm³/mol. The van der Waals surface area contributed by atoms with E-state index in [4.69, 9.17) is 0 Å². The molecule has 0 radical (unpaired) electrons. The van der Waals surface area contributed by atoms with Crippen molar-refractivity contribution in [3.8, 4) is 0 Å². The van der Waals surface area contributed by atoms with Gasteiger partial charge in [0, 0.05) is 12.1 Å². The van der Waals surface area contributed by atoms with Crippen LogP contribution in [0, 0.1) is 0 Å². The van der Waals surface area contributed by atoms with Gasteiger partial charge in [0.1, 0.15) is 0 Å². The van der Waals surface area contributed by atoms with Crippen molar-refractivity contribution < 1.29 is 0 Å². The molecule has 0 bridgehead atoms. The van der Waals surface area contributed by atoms with Gasteiger partial charge in [-0.2, -0.15) is 0 Å². The minimum Gasteiger partial charge on any atom is -0.313 e. The van der Waals surface area contributed by atoms with Crippen LogP contribution in [-0.4, -0.2) is 18.6 Å². The molecule has 2 N–H and O–H groups in total. The van der Waals surface area contributed by atoms with Gasteiger partial charge in [0.15, 0.2) is 0 Å². The molecule has 1 aromatic rings. The molecule has 4 heteroatoms. The Kier molecular flexibility index (Phi) is 5.97. The number of hydrogen-bond donors (Lipinski definition) is 2. The van der Waals surface area contributed by atoms with Gasteiger partial charge in [-0.05, 0) is 73.2 Å². The van der Waals surface area contributed by atoms with Crippen molar-refractivity contribution in [2.75, 3.05) is 13.1 Å². The molecule has 0 unspecified atom stereocenters. The Labute approximate surface area is 111 Å². The van der Waals surface area contributed by atoms with Crippen LogP contribution in [0.5, 0.6) is 0 Å². The van der Waals surface area contributed by atoms with E-state index in [1.165, 1.54) is 15.8 Å². The highest BCUT2D eigenvalue weighted by Gasteiger charge is 2.06. The summed E-state index contributed by atoms with van der Waals surface area (Å²) in [5.74, 6) is 0. The smallest absolute Gasteiger partial charge is 0.0701 e. The standard InChI is InChI=1S/C12H21BrN2S/c1-12(2,3)15-6-4-5-14-8-10-7-11(13)16-9-10/h7,9,14-15H,4-6,8H2,1-3H3. The summed E-state index contributed by atoms with van der Waals surface area (Å²) < 4.78 is 1.21. The van der Waals surface area contributed by atoms with Crippen molar-refractivity contribution >= 4 is 27.3 Å². The molecule has 0 fully saturated rings. The molecule has 0 aromatic carbocycles. The Hall–Kier alpha value is 0.100. The molecule has 0 aliphatic rings. The third-order valence-electron chi connectivity index (χ3n) is 2.14. The van der Waals surface area contributed by atoms with Crippen LogP contribution < -0.4 is 10.6 Å². The Morgan fingerprint density at radius 3 is 2.62 bits per heavy atom. The summed E-state index contributed by atoms with van der Waals surface area (Å²) >= 11 is 5.21. The zero-order valence-corrected chi connectivity index (χ0v) is 12.7. The Bertz CT molecular complexity index is 304. The highest BCUT2D eigenvalue weighted by molar-refractivity contribution is 9.11. The van der Waals surface area contributed by atoms with Crippen molar-refractivity contribution in [3.05, 3.63) is 20.8 Å². The maximum atomic E-state index is 3.48. The Balaban J connectivity index is 2.00. The fourth-order valence-corrected chi connectivity index (χ4v) is 2.56. The molecule has 16 heavy (non-hydrogen) atoms. The molecule has 0 saturated heterocycles. The van der Waals surface area contributed by atoms with Gasteiger partial charge in [-0.3, -0.25) is 0 Å². The minimum atomic E-state index is 0.234. The van der Waals surface area contributed by atoms with E-state index in [0.29, 0.717) is 0 Å². The van der Waals surface area contributed by atoms with Crippen molar-refractivity contribution in [1.29, 1.82) is 0 Å². The molecule has 1 rings (SSSR count). The van der Waals surface area contributed by atoms with E-state index in [2.05, 4.69) is 58.8 Å². The van der Waals surface area contributed by atoms with Gasteiger partial charge in [-0.25, -0.2) is 0 Å². The Morgan fingerprint density at radius 1 is 1.31 bits per heavy atom. The highest BCUT2D eigenvalue weighted by atomic mass is 79.9. The summed E-state index contributed by atoms with van der Waals surface area (Å²) in [6.45, 7) is 9.70. The van der Waals surface area contributed by atoms with E-state index in [9.17, 15) is 0 Å². The number of nitrogens with one attached hydrogen (secondary N) is 2. The second-order valence-corrected chi connectivity index (χ2v) is 7.26. The third-order valence-corrected chi connectivity index (χ3v) is 3.69. The van der Waals surface area contributed by atoms with Gasteiger partial charge in [-0.15, -0.1) is 11.3 Å². The topological polar surface area (TPSA) is 24.1 Å². The zero-order chi connectivity index (χ0) is 12.0. The van der Waals surface area contributed by atoms with Gasteiger partial charge in [0.25, 0.3) is 0 Å². The van der Waals surface area contributed by atoms with Crippen LogP contribution in [0.3, 0.4) is 0 Å². The Morgan fingerprint density at radius 2 is 2.06 bits per heavy atom. The predicted octanol–water partition coefficient (Wildman–Crippen LogP) is 3.38. The molecule has 0 atom stereocenters. The van der Waals surface area contributed by atoms with Gasteiger partial charge in [0.05, 0.1) is 3.79 Å². The second kappa shape index (κ2) is 6.74. The first-order chi connectivity index (χ1) is 7.47. The van der Waals surface area contributed by atoms with Gasteiger partial charge < -0.3 is 10.6 Å². The summed E-state index contributed by atoms with van der Waals surface area (Å²) in [5, 5.41) is 9.11. The van der Waals surface area contributed by atoms with E-state index in [0.717, 1.165) is 19.6 Å². The molecule has 92 valence electrons. The maximum Gasteiger partial charge on any atom is 0.0701 e. The average Bonchev–Trinajstić information content (AvgIpc) is 2.56. The quantitative estimate of drug-likeness (QED) is 0.787. The molecular weight excluding hydrogens is 284 g/mol. The van der Waals surface area contributed by atoms with Crippen molar-refractivity contribution in [3.63, 3.8) is 0 Å². The van der Waals surface area contributed by atoms with Crippen molar-refractivity contribution in [2.24, 2.45) is 0 Å².